The maximum Gasteiger partial charge on any atom is 0.326 e. The highest BCUT2D eigenvalue weighted by Gasteiger charge is 2.28. The second-order valence-electron chi connectivity index (χ2n) is 6.96. The molecule has 1 fully saturated rings. The first-order valence-corrected chi connectivity index (χ1v) is 9.14. The van der Waals surface area contributed by atoms with Gasteiger partial charge in [-0.25, -0.2) is 4.79 Å². The number of carbonyl (C=O) groups is 2. The monoisotopic (exact) mass is 363 g/mol. The number of carbonyl (C=O) groups excluding carboxylic acids is 1. The molecule has 0 bridgehead atoms. The van der Waals surface area contributed by atoms with Gasteiger partial charge < -0.3 is 15.2 Å². The first kappa shape index (κ1) is 17.5. The van der Waals surface area contributed by atoms with Gasteiger partial charge in [0.2, 0.25) is 5.91 Å². The third-order valence-corrected chi connectivity index (χ3v) is 5.21. The fourth-order valence-electron chi connectivity index (χ4n) is 3.76. The van der Waals surface area contributed by atoms with Crippen LogP contribution in [0.4, 0.5) is 0 Å². The highest BCUT2D eigenvalue weighted by atomic mass is 16.5. The van der Waals surface area contributed by atoms with Crippen LogP contribution >= 0.6 is 0 Å². The molecular formula is C22H21NO4. The summed E-state index contributed by atoms with van der Waals surface area (Å²) in [5, 5.41) is 16.6. The SMILES string of the molecule is O=C(N[C@@H](Cc1c2ccccc2cc2ccccc12)C(=O)O)[C@H]1CCOC1. The molecule has 0 radical (unpaired) electrons. The average molecular weight is 363 g/mol. The summed E-state index contributed by atoms with van der Waals surface area (Å²) >= 11 is 0. The Morgan fingerprint density at radius 2 is 1.70 bits per heavy atom. The van der Waals surface area contributed by atoms with Crippen LogP contribution in [-0.2, 0) is 20.7 Å². The second kappa shape index (κ2) is 7.37. The number of hydrogen-bond donors (Lipinski definition) is 2. The van der Waals surface area contributed by atoms with Gasteiger partial charge in [-0.05, 0) is 39.6 Å². The quantitative estimate of drug-likeness (QED) is 0.683. The van der Waals surface area contributed by atoms with Gasteiger partial charge in [0, 0.05) is 13.0 Å². The fourth-order valence-corrected chi connectivity index (χ4v) is 3.76. The van der Waals surface area contributed by atoms with E-state index in [1.807, 2.05) is 48.5 Å². The molecule has 3 aromatic rings. The zero-order chi connectivity index (χ0) is 18.8. The summed E-state index contributed by atoms with van der Waals surface area (Å²) in [5.74, 6) is -1.54. The van der Waals surface area contributed by atoms with Crippen molar-refractivity contribution in [3.05, 3.63) is 60.2 Å². The molecule has 0 unspecified atom stereocenters. The van der Waals surface area contributed by atoms with Crippen molar-refractivity contribution in [1.82, 2.24) is 5.32 Å². The van der Waals surface area contributed by atoms with E-state index in [0.717, 1.165) is 27.1 Å². The molecule has 2 atom stereocenters. The number of ether oxygens (including phenoxy) is 1. The van der Waals surface area contributed by atoms with E-state index in [2.05, 4.69) is 11.4 Å². The van der Waals surface area contributed by atoms with Gasteiger partial charge in [0.1, 0.15) is 6.04 Å². The van der Waals surface area contributed by atoms with Crippen LogP contribution < -0.4 is 5.32 Å². The number of hydrogen-bond acceptors (Lipinski definition) is 3. The van der Waals surface area contributed by atoms with Crippen LogP contribution in [0, 0.1) is 5.92 Å². The van der Waals surface area contributed by atoms with Gasteiger partial charge >= 0.3 is 5.97 Å². The van der Waals surface area contributed by atoms with Crippen molar-refractivity contribution in [2.24, 2.45) is 5.92 Å². The molecule has 0 spiro atoms. The van der Waals surface area contributed by atoms with Gasteiger partial charge in [-0.2, -0.15) is 0 Å². The number of amides is 1. The van der Waals surface area contributed by atoms with E-state index in [0.29, 0.717) is 19.6 Å². The van der Waals surface area contributed by atoms with Crippen LogP contribution in [0.5, 0.6) is 0 Å². The van der Waals surface area contributed by atoms with Crippen LogP contribution in [0.15, 0.2) is 54.6 Å². The molecule has 4 rings (SSSR count). The molecule has 2 N–H and O–H groups in total. The van der Waals surface area contributed by atoms with Crippen LogP contribution in [0.1, 0.15) is 12.0 Å². The minimum Gasteiger partial charge on any atom is -0.480 e. The molecule has 27 heavy (non-hydrogen) atoms. The number of nitrogens with one attached hydrogen (secondary N) is 1. The second-order valence-corrected chi connectivity index (χ2v) is 6.96. The van der Waals surface area contributed by atoms with E-state index in [1.165, 1.54) is 0 Å². The van der Waals surface area contributed by atoms with Gasteiger partial charge in [-0.1, -0.05) is 48.5 Å². The van der Waals surface area contributed by atoms with E-state index in [-0.39, 0.29) is 18.2 Å². The molecule has 0 aliphatic carbocycles. The molecule has 138 valence electrons. The van der Waals surface area contributed by atoms with E-state index >= 15 is 0 Å². The van der Waals surface area contributed by atoms with Crippen LogP contribution in [-0.4, -0.2) is 36.2 Å². The smallest absolute Gasteiger partial charge is 0.326 e. The molecule has 3 aromatic carbocycles. The predicted octanol–water partition coefficient (Wildman–Crippen LogP) is 3.14. The molecule has 1 aliphatic heterocycles. The number of aliphatic carboxylic acids is 1. The molecule has 1 amide bonds. The molecule has 5 heteroatoms. The topological polar surface area (TPSA) is 75.6 Å². The largest absolute Gasteiger partial charge is 0.480 e. The molecular weight excluding hydrogens is 342 g/mol. The first-order valence-electron chi connectivity index (χ1n) is 9.14. The lowest BCUT2D eigenvalue weighted by Crippen LogP contribution is -2.45. The Morgan fingerprint density at radius 3 is 2.26 bits per heavy atom. The Kier molecular flexibility index (Phi) is 4.77. The molecule has 1 saturated heterocycles. The summed E-state index contributed by atoms with van der Waals surface area (Å²) in [6.45, 7) is 0.902. The standard InChI is InChI=1S/C22H21NO4/c24-21(16-9-10-27-13-16)23-20(22(25)26)12-19-17-7-3-1-5-14(17)11-15-6-2-4-8-18(15)19/h1-8,11,16,20H,9-10,12-13H2,(H,23,24)(H,25,26)/t16-,20-/m0/s1. The zero-order valence-electron chi connectivity index (χ0n) is 14.9. The summed E-state index contributed by atoms with van der Waals surface area (Å²) < 4.78 is 5.25. The van der Waals surface area contributed by atoms with Crippen molar-refractivity contribution in [3.63, 3.8) is 0 Å². The number of fused-ring (bicyclic) bond motifs is 2. The number of benzene rings is 3. The average Bonchev–Trinajstić information content (AvgIpc) is 3.21. The molecule has 0 saturated carbocycles. The molecule has 1 aliphatic rings. The van der Waals surface area contributed by atoms with Crippen molar-refractivity contribution in [2.75, 3.05) is 13.2 Å². The molecule has 0 aromatic heterocycles. The number of carboxylic acids is 1. The maximum absolute atomic E-state index is 12.4. The fraction of sp³-hybridized carbons (Fsp3) is 0.273. The van der Waals surface area contributed by atoms with Crippen molar-refractivity contribution < 1.29 is 19.4 Å². The van der Waals surface area contributed by atoms with Crippen LogP contribution in [0.25, 0.3) is 21.5 Å². The van der Waals surface area contributed by atoms with Crippen LogP contribution in [0.3, 0.4) is 0 Å². The Labute approximate surface area is 156 Å². The van der Waals surface area contributed by atoms with Gasteiger partial charge in [-0.15, -0.1) is 0 Å². The summed E-state index contributed by atoms with van der Waals surface area (Å²) in [6.07, 6.45) is 0.867. The van der Waals surface area contributed by atoms with Gasteiger partial charge in [0.05, 0.1) is 12.5 Å². The van der Waals surface area contributed by atoms with E-state index < -0.39 is 12.0 Å². The summed E-state index contributed by atoms with van der Waals surface area (Å²) in [6, 6.07) is 17.0. The predicted molar refractivity (Wildman–Crippen MR) is 104 cm³/mol. The van der Waals surface area contributed by atoms with Gasteiger partial charge in [0.25, 0.3) is 0 Å². The Hall–Kier alpha value is -2.92. The lowest BCUT2D eigenvalue weighted by molar-refractivity contribution is -0.142. The van der Waals surface area contributed by atoms with Crippen molar-refractivity contribution >= 4 is 33.4 Å². The normalized spacial score (nSPS) is 17.9. The van der Waals surface area contributed by atoms with E-state index in [1.54, 1.807) is 0 Å². The summed E-state index contributed by atoms with van der Waals surface area (Å²) in [7, 11) is 0. The van der Waals surface area contributed by atoms with Gasteiger partial charge in [-0.3, -0.25) is 4.79 Å². The summed E-state index contributed by atoms with van der Waals surface area (Å²) in [4.78, 5) is 24.3. The number of carboxylic acid groups (broad SMARTS) is 1. The number of rotatable bonds is 5. The van der Waals surface area contributed by atoms with Crippen molar-refractivity contribution in [1.29, 1.82) is 0 Å². The highest BCUT2D eigenvalue weighted by Crippen LogP contribution is 2.29. The Morgan fingerprint density at radius 1 is 1.07 bits per heavy atom. The van der Waals surface area contributed by atoms with Crippen LogP contribution in [0.2, 0.25) is 0 Å². The van der Waals surface area contributed by atoms with Crippen molar-refractivity contribution in [2.45, 2.75) is 18.9 Å². The highest BCUT2D eigenvalue weighted by molar-refractivity contribution is 6.02. The summed E-state index contributed by atoms with van der Waals surface area (Å²) in [5.41, 5.74) is 0.944. The third-order valence-electron chi connectivity index (χ3n) is 5.21. The molecule has 1 heterocycles. The third kappa shape index (κ3) is 3.51. The molecule has 5 nitrogen and oxygen atoms in total. The maximum atomic E-state index is 12.4. The lowest BCUT2D eigenvalue weighted by atomic mass is 9.92. The Balaban J connectivity index is 1.72. The zero-order valence-corrected chi connectivity index (χ0v) is 14.9. The minimum absolute atomic E-state index is 0.233. The minimum atomic E-state index is -1.03. The van der Waals surface area contributed by atoms with E-state index in [9.17, 15) is 14.7 Å². The lowest BCUT2D eigenvalue weighted by Gasteiger charge is -2.19. The van der Waals surface area contributed by atoms with E-state index in [4.69, 9.17) is 4.74 Å². The van der Waals surface area contributed by atoms with Gasteiger partial charge in [0.15, 0.2) is 0 Å². The first-order chi connectivity index (χ1) is 13.1. The van der Waals surface area contributed by atoms with Crippen molar-refractivity contribution in [3.8, 4) is 0 Å². The Bertz CT molecular complexity index is 954.